The van der Waals surface area contributed by atoms with Crippen LogP contribution in [-0.2, 0) is 9.59 Å². The molecule has 1 atom stereocenters. The van der Waals surface area contributed by atoms with Crippen LogP contribution in [0.1, 0.15) is 17.2 Å². The summed E-state index contributed by atoms with van der Waals surface area (Å²) < 4.78 is 32.6. The molecule has 0 saturated carbocycles. The molecular weight excluding hydrogens is 475 g/mol. The predicted octanol–water partition coefficient (Wildman–Crippen LogP) is 5.91. The minimum atomic E-state index is -1.16. The number of rotatable bonds is 4. The van der Waals surface area contributed by atoms with Crippen molar-refractivity contribution in [1.29, 1.82) is 0 Å². The average Bonchev–Trinajstić information content (AvgIpc) is 3.04. The van der Waals surface area contributed by atoms with Gasteiger partial charge in [0.1, 0.15) is 17.4 Å². The number of anilines is 1. The molecule has 3 aromatic rings. The Morgan fingerprint density at radius 1 is 0.970 bits per heavy atom. The van der Waals surface area contributed by atoms with Crippen molar-refractivity contribution < 1.29 is 28.2 Å². The Morgan fingerprint density at radius 3 is 2.18 bits per heavy atom. The van der Waals surface area contributed by atoms with Crippen molar-refractivity contribution in [2.45, 2.75) is 6.04 Å². The number of benzene rings is 3. The summed E-state index contributed by atoms with van der Waals surface area (Å²) in [6.45, 7) is 0. The van der Waals surface area contributed by atoms with Gasteiger partial charge in [-0.1, -0.05) is 41.4 Å². The highest BCUT2D eigenvalue weighted by atomic mass is 35.5. The highest BCUT2D eigenvalue weighted by Crippen LogP contribution is 2.43. The van der Waals surface area contributed by atoms with Gasteiger partial charge in [-0.05, 0) is 48.0 Å². The third-order valence-electron chi connectivity index (χ3n) is 5.19. The first kappa shape index (κ1) is 22.8. The normalized spacial score (nSPS) is 17.5. The van der Waals surface area contributed by atoms with Gasteiger partial charge in [-0.25, -0.2) is 8.78 Å². The first-order chi connectivity index (χ1) is 15.7. The van der Waals surface area contributed by atoms with E-state index in [1.54, 1.807) is 0 Å². The Hall–Kier alpha value is -3.42. The molecule has 0 radical (unpaired) electrons. The molecule has 0 spiro atoms. The maximum absolute atomic E-state index is 13.9. The molecule has 5 nitrogen and oxygen atoms in total. The second kappa shape index (κ2) is 8.84. The molecule has 1 amide bonds. The smallest absolute Gasteiger partial charge is 0.300 e. The van der Waals surface area contributed by atoms with Gasteiger partial charge < -0.3 is 9.84 Å². The number of halogens is 4. The van der Waals surface area contributed by atoms with Crippen LogP contribution in [0.4, 0.5) is 14.5 Å². The maximum Gasteiger partial charge on any atom is 0.300 e. The quantitative estimate of drug-likeness (QED) is 0.281. The monoisotopic (exact) mass is 489 g/mol. The number of ketones is 1. The van der Waals surface area contributed by atoms with Crippen LogP contribution in [-0.4, -0.2) is 23.9 Å². The van der Waals surface area contributed by atoms with Crippen LogP contribution in [0.25, 0.3) is 5.76 Å². The Kier molecular flexibility index (Phi) is 6.10. The van der Waals surface area contributed by atoms with Crippen LogP contribution in [0.2, 0.25) is 10.0 Å². The molecule has 1 unspecified atom stereocenters. The summed E-state index contributed by atoms with van der Waals surface area (Å²) in [5.41, 5.74) is 0.201. The Bertz CT molecular complexity index is 1290. The molecule has 0 aromatic heterocycles. The van der Waals surface area contributed by atoms with Crippen LogP contribution in [0.3, 0.4) is 0 Å². The third kappa shape index (κ3) is 4.05. The van der Waals surface area contributed by atoms with Gasteiger partial charge in [0, 0.05) is 11.3 Å². The lowest BCUT2D eigenvalue weighted by molar-refractivity contribution is -0.132. The average molecular weight is 490 g/mol. The van der Waals surface area contributed by atoms with Gasteiger partial charge in [0.15, 0.2) is 5.75 Å². The summed E-state index contributed by atoms with van der Waals surface area (Å²) in [4.78, 5) is 27.1. The zero-order valence-corrected chi connectivity index (χ0v) is 18.5. The van der Waals surface area contributed by atoms with E-state index in [9.17, 15) is 23.5 Å². The number of ether oxygens (including phenoxy) is 1. The molecule has 1 aliphatic rings. The lowest BCUT2D eigenvalue weighted by Crippen LogP contribution is -2.29. The van der Waals surface area contributed by atoms with Crippen LogP contribution >= 0.6 is 23.2 Å². The van der Waals surface area contributed by atoms with Crippen LogP contribution < -0.4 is 9.64 Å². The van der Waals surface area contributed by atoms with Crippen molar-refractivity contribution in [1.82, 2.24) is 0 Å². The van der Waals surface area contributed by atoms with Crippen LogP contribution in [0.5, 0.6) is 5.75 Å². The van der Waals surface area contributed by atoms with Gasteiger partial charge >= 0.3 is 0 Å². The van der Waals surface area contributed by atoms with Crippen LogP contribution in [0, 0.1) is 11.6 Å². The number of carbonyl (C=O) groups excluding carboxylic acids is 2. The van der Waals surface area contributed by atoms with Crippen molar-refractivity contribution in [2.24, 2.45) is 0 Å². The molecular formula is C24H15Cl2F2NO4. The molecule has 168 valence electrons. The topological polar surface area (TPSA) is 66.8 Å². The summed E-state index contributed by atoms with van der Waals surface area (Å²) >= 11 is 12.3. The first-order valence-electron chi connectivity index (χ1n) is 9.58. The number of Topliss-reactive ketones (excluding diaryl/α,β-unsaturated/α-hetero) is 1. The Morgan fingerprint density at radius 2 is 1.61 bits per heavy atom. The van der Waals surface area contributed by atoms with Crippen molar-refractivity contribution in [3.8, 4) is 5.75 Å². The highest BCUT2D eigenvalue weighted by Gasteiger charge is 2.47. The van der Waals surface area contributed by atoms with Gasteiger partial charge in [-0.15, -0.1) is 0 Å². The van der Waals surface area contributed by atoms with E-state index < -0.39 is 35.1 Å². The lowest BCUT2D eigenvalue weighted by Gasteiger charge is -2.25. The van der Waals surface area contributed by atoms with E-state index >= 15 is 0 Å². The number of hydrogen-bond donors (Lipinski definition) is 1. The first-order valence-corrected chi connectivity index (χ1v) is 10.3. The predicted molar refractivity (Wildman–Crippen MR) is 121 cm³/mol. The van der Waals surface area contributed by atoms with Crippen molar-refractivity contribution in [3.05, 3.63) is 99.0 Å². The SMILES string of the molecule is COc1c(Cl)cc(/C(O)=C2\C(=O)C(=O)N(c3cccc(F)c3)C2c2ccc(F)cc2)cc1Cl. The second-order valence-corrected chi connectivity index (χ2v) is 7.99. The molecule has 33 heavy (non-hydrogen) atoms. The van der Waals surface area contributed by atoms with Crippen LogP contribution in [0.15, 0.2) is 66.2 Å². The summed E-state index contributed by atoms with van der Waals surface area (Å²) in [5.74, 6) is -3.52. The Balaban J connectivity index is 1.96. The van der Waals surface area contributed by atoms with Crippen molar-refractivity contribution >= 4 is 46.3 Å². The van der Waals surface area contributed by atoms with Gasteiger partial charge in [-0.3, -0.25) is 14.5 Å². The van der Waals surface area contributed by atoms with E-state index in [1.165, 1.54) is 49.6 Å². The molecule has 1 fully saturated rings. The molecule has 3 aromatic carbocycles. The Labute approximate surface area is 197 Å². The third-order valence-corrected chi connectivity index (χ3v) is 5.75. The molecule has 1 N–H and O–H groups in total. The van der Waals surface area contributed by atoms with E-state index in [-0.39, 0.29) is 32.6 Å². The fourth-order valence-electron chi connectivity index (χ4n) is 3.73. The van der Waals surface area contributed by atoms with E-state index in [4.69, 9.17) is 27.9 Å². The summed E-state index contributed by atoms with van der Waals surface area (Å²) in [5, 5.41) is 11.2. The minimum absolute atomic E-state index is 0.0650. The minimum Gasteiger partial charge on any atom is -0.507 e. The van der Waals surface area contributed by atoms with Crippen molar-refractivity contribution in [3.63, 3.8) is 0 Å². The molecule has 0 bridgehead atoms. The van der Waals surface area contributed by atoms with E-state index in [2.05, 4.69) is 0 Å². The van der Waals surface area contributed by atoms with E-state index in [0.717, 1.165) is 23.1 Å². The number of aliphatic hydroxyl groups excluding tert-OH is 1. The number of amides is 1. The largest absolute Gasteiger partial charge is 0.507 e. The number of hydrogen-bond acceptors (Lipinski definition) is 4. The second-order valence-electron chi connectivity index (χ2n) is 7.17. The molecule has 1 aliphatic heterocycles. The lowest BCUT2D eigenvalue weighted by atomic mass is 9.95. The fourth-order valence-corrected chi connectivity index (χ4v) is 4.37. The zero-order chi connectivity index (χ0) is 23.9. The maximum atomic E-state index is 13.9. The molecule has 1 heterocycles. The summed E-state index contributed by atoms with van der Waals surface area (Å²) in [6, 6.07) is 11.7. The number of methoxy groups -OCH3 is 1. The molecule has 9 heteroatoms. The number of nitrogens with zero attached hydrogens (tertiary/aromatic N) is 1. The van der Waals surface area contributed by atoms with E-state index in [0.29, 0.717) is 5.56 Å². The standard InChI is InChI=1S/C24H15Cl2F2NO4/c1-33-23-17(25)9-13(10-18(23)26)21(30)19-20(12-5-7-14(27)8-6-12)29(24(32)22(19)31)16-4-2-3-15(28)11-16/h2-11,20,30H,1H3/b21-19+. The van der Waals surface area contributed by atoms with E-state index in [1.807, 2.05) is 0 Å². The zero-order valence-electron chi connectivity index (χ0n) is 17.0. The van der Waals surface area contributed by atoms with Gasteiger partial charge in [0.2, 0.25) is 0 Å². The molecule has 0 aliphatic carbocycles. The number of carbonyl (C=O) groups is 2. The summed E-state index contributed by atoms with van der Waals surface area (Å²) in [6.07, 6.45) is 0. The summed E-state index contributed by atoms with van der Waals surface area (Å²) in [7, 11) is 1.37. The van der Waals surface area contributed by atoms with Gasteiger partial charge in [-0.2, -0.15) is 0 Å². The highest BCUT2D eigenvalue weighted by molar-refractivity contribution is 6.51. The fraction of sp³-hybridized carbons (Fsp3) is 0.0833. The molecule has 1 saturated heterocycles. The van der Waals surface area contributed by atoms with Gasteiger partial charge in [0.05, 0.1) is 28.8 Å². The van der Waals surface area contributed by atoms with Crippen molar-refractivity contribution in [2.75, 3.05) is 12.0 Å². The van der Waals surface area contributed by atoms with Gasteiger partial charge in [0.25, 0.3) is 11.7 Å². The number of aliphatic hydroxyl groups is 1. The molecule has 4 rings (SSSR count).